The molecule has 112 valence electrons. The van der Waals surface area contributed by atoms with Crippen LogP contribution in [0, 0.1) is 6.92 Å². The number of rotatable bonds is 6. The number of hydrogen-bond donors (Lipinski definition) is 2. The van der Waals surface area contributed by atoms with Crippen molar-refractivity contribution in [3.05, 3.63) is 29.3 Å². The van der Waals surface area contributed by atoms with E-state index in [1.807, 2.05) is 6.07 Å². The van der Waals surface area contributed by atoms with Gasteiger partial charge >= 0.3 is 0 Å². The average molecular weight is 277 g/mol. The second kappa shape index (κ2) is 6.15. The van der Waals surface area contributed by atoms with Crippen molar-refractivity contribution in [2.45, 2.75) is 58.1 Å². The molecule has 1 aromatic rings. The van der Waals surface area contributed by atoms with Crippen LogP contribution in [0.1, 0.15) is 44.7 Å². The van der Waals surface area contributed by atoms with Crippen LogP contribution < -0.4 is 10.1 Å². The van der Waals surface area contributed by atoms with Crippen LogP contribution in [0.4, 0.5) is 0 Å². The lowest BCUT2D eigenvalue weighted by molar-refractivity contribution is 0.106. The van der Waals surface area contributed by atoms with Crippen LogP contribution in [0.5, 0.6) is 5.75 Å². The van der Waals surface area contributed by atoms with E-state index in [9.17, 15) is 5.11 Å². The van der Waals surface area contributed by atoms with Gasteiger partial charge in [-0.15, -0.1) is 0 Å². The minimum atomic E-state index is -0.447. The maximum Gasteiger partial charge on any atom is 0.122 e. The second-order valence-electron chi connectivity index (χ2n) is 6.88. The molecule has 0 heterocycles. The molecule has 3 nitrogen and oxygen atoms in total. The quantitative estimate of drug-likeness (QED) is 0.840. The van der Waals surface area contributed by atoms with Gasteiger partial charge in [0, 0.05) is 12.6 Å². The molecule has 1 aromatic carbocycles. The van der Waals surface area contributed by atoms with E-state index in [0.29, 0.717) is 19.2 Å². The highest BCUT2D eigenvalue weighted by molar-refractivity contribution is 5.38. The van der Waals surface area contributed by atoms with Gasteiger partial charge in [0.15, 0.2) is 0 Å². The van der Waals surface area contributed by atoms with E-state index < -0.39 is 6.10 Å². The zero-order valence-corrected chi connectivity index (χ0v) is 13.1. The molecule has 1 saturated carbocycles. The molecule has 0 saturated heterocycles. The van der Waals surface area contributed by atoms with Crippen molar-refractivity contribution in [2.24, 2.45) is 0 Å². The standard InChI is InChI=1S/C17H27NO2/c1-12-9-13(17(2,3)4)5-8-16(12)20-11-15(19)10-18-14-6-7-14/h5,8-9,14-15,18-19H,6-7,10-11H2,1-4H3. The van der Waals surface area contributed by atoms with Crippen LogP contribution in [0.3, 0.4) is 0 Å². The minimum Gasteiger partial charge on any atom is -0.491 e. The molecule has 0 spiro atoms. The summed E-state index contributed by atoms with van der Waals surface area (Å²) in [7, 11) is 0. The van der Waals surface area contributed by atoms with Crippen molar-refractivity contribution in [2.75, 3.05) is 13.2 Å². The first-order valence-corrected chi connectivity index (χ1v) is 7.51. The van der Waals surface area contributed by atoms with Gasteiger partial charge in [-0.3, -0.25) is 0 Å². The molecular formula is C17H27NO2. The summed E-state index contributed by atoms with van der Waals surface area (Å²) < 4.78 is 5.73. The molecule has 2 N–H and O–H groups in total. The summed E-state index contributed by atoms with van der Waals surface area (Å²) in [5, 5.41) is 13.2. The molecule has 1 aliphatic carbocycles. The minimum absolute atomic E-state index is 0.150. The Balaban J connectivity index is 1.85. The number of benzene rings is 1. The van der Waals surface area contributed by atoms with Crippen LogP contribution in [-0.4, -0.2) is 30.4 Å². The van der Waals surface area contributed by atoms with Crippen LogP contribution in [0.25, 0.3) is 0 Å². The summed E-state index contributed by atoms with van der Waals surface area (Å²) in [5.74, 6) is 0.864. The van der Waals surface area contributed by atoms with E-state index in [1.54, 1.807) is 0 Å². The zero-order valence-electron chi connectivity index (χ0n) is 13.1. The number of hydrogen-bond acceptors (Lipinski definition) is 3. The number of ether oxygens (including phenoxy) is 1. The SMILES string of the molecule is Cc1cc(C(C)(C)C)ccc1OCC(O)CNC1CC1. The van der Waals surface area contributed by atoms with Crippen LogP contribution in [0.2, 0.25) is 0 Å². The van der Waals surface area contributed by atoms with Crippen molar-refractivity contribution in [3.8, 4) is 5.75 Å². The van der Waals surface area contributed by atoms with E-state index in [4.69, 9.17) is 4.74 Å². The maximum absolute atomic E-state index is 9.87. The summed E-state index contributed by atoms with van der Waals surface area (Å²) in [5.41, 5.74) is 2.58. The Kier molecular flexibility index (Phi) is 4.71. The van der Waals surface area contributed by atoms with Crippen molar-refractivity contribution >= 4 is 0 Å². The van der Waals surface area contributed by atoms with Gasteiger partial charge in [-0.2, -0.15) is 0 Å². The Morgan fingerprint density at radius 3 is 2.60 bits per heavy atom. The van der Waals surface area contributed by atoms with E-state index in [2.05, 4.69) is 45.1 Å². The first kappa shape index (κ1) is 15.3. The topological polar surface area (TPSA) is 41.5 Å². The first-order chi connectivity index (χ1) is 9.36. The number of aliphatic hydroxyl groups excluding tert-OH is 1. The Bertz CT molecular complexity index is 447. The summed E-state index contributed by atoms with van der Waals surface area (Å²) in [6, 6.07) is 6.91. The van der Waals surface area contributed by atoms with Gasteiger partial charge in [0.2, 0.25) is 0 Å². The summed E-state index contributed by atoms with van der Waals surface area (Å²) in [6.45, 7) is 9.62. The van der Waals surface area contributed by atoms with Gasteiger partial charge in [0.1, 0.15) is 18.5 Å². The molecular weight excluding hydrogens is 250 g/mol. The van der Waals surface area contributed by atoms with Gasteiger partial charge in [-0.1, -0.05) is 32.9 Å². The Hall–Kier alpha value is -1.06. The molecule has 1 fully saturated rings. The molecule has 0 radical (unpaired) electrons. The highest BCUT2D eigenvalue weighted by atomic mass is 16.5. The number of nitrogens with one attached hydrogen (secondary N) is 1. The van der Waals surface area contributed by atoms with E-state index in [-0.39, 0.29) is 5.41 Å². The lowest BCUT2D eigenvalue weighted by Crippen LogP contribution is -2.32. The van der Waals surface area contributed by atoms with Gasteiger partial charge in [0.25, 0.3) is 0 Å². The van der Waals surface area contributed by atoms with E-state index in [0.717, 1.165) is 11.3 Å². The van der Waals surface area contributed by atoms with E-state index >= 15 is 0 Å². The molecule has 20 heavy (non-hydrogen) atoms. The Morgan fingerprint density at radius 1 is 1.35 bits per heavy atom. The fourth-order valence-corrected chi connectivity index (χ4v) is 2.11. The molecule has 0 amide bonds. The molecule has 0 bridgehead atoms. The maximum atomic E-state index is 9.87. The first-order valence-electron chi connectivity index (χ1n) is 7.51. The largest absolute Gasteiger partial charge is 0.491 e. The van der Waals surface area contributed by atoms with E-state index in [1.165, 1.54) is 18.4 Å². The lowest BCUT2D eigenvalue weighted by Gasteiger charge is -2.21. The highest BCUT2D eigenvalue weighted by Crippen LogP contribution is 2.27. The van der Waals surface area contributed by atoms with Crippen LogP contribution >= 0.6 is 0 Å². The third-order valence-corrected chi connectivity index (χ3v) is 3.69. The normalized spacial score (nSPS) is 17.1. The van der Waals surface area contributed by atoms with Gasteiger partial charge in [-0.05, 0) is 42.4 Å². The number of aliphatic hydroxyl groups is 1. The molecule has 3 heteroatoms. The zero-order chi connectivity index (χ0) is 14.8. The smallest absolute Gasteiger partial charge is 0.122 e. The fraction of sp³-hybridized carbons (Fsp3) is 0.647. The average Bonchev–Trinajstić information content (AvgIpc) is 3.17. The number of aryl methyl sites for hydroxylation is 1. The molecule has 1 aliphatic rings. The summed E-state index contributed by atoms with van der Waals surface area (Å²) in [6.07, 6.45) is 2.03. The fourth-order valence-electron chi connectivity index (χ4n) is 2.11. The van der Waals surface area contributed by atoms with Crippen molar-refractivity contribution in [1.29, 1.82) is 0 Å². The highest BCUT2D eigenvalue weighted by Gasteiger charge is 2.21. The van der Waals surface area contributed by atoms with Gasteiger partial charge < -0.3 is 15.2 Å². The predicted octanol–water partition coefficient (Wildman–Crippen LogP) is 2.78. The van der Waals surface area contributed by atoms with Crippen molar-refractivity contribution in [1.82, 2.24) is 5.32 Å². The molecule has 1 atom stereocenters. The third kappa shape index (κ3) is 4.50. The molecule has 2 rings (SSSR count). The molecule has 0 aliphatic heterocycles. The van der Waals surface area contributed by atoms with Crippen LogP contribution in [0.15, 0.2) is 18.2 Å². The van der Waals surface area contributed by atoms with Crippen molar-refractivity contribution < 1.29 is 9.84 Å². The lowest BCUT2D eigenvalue weighted by atomic mass is 9.86. The van der Waals surface area contributed by atoms with Gasteiger partial charge in [-0.25, -0.2) is 0 Å². The third-order valence-electron chi connectivity index (χ3n) is 3.69. The second-order valence-corrected chi connectivity index (χ2v) is 6.88. The Morgan fingerprint density at radius 2 is 2.05 bits per heavy atom. The molecule has 0 aromatic heterocycles. The van der Waals surface area contributed by atoms with Crippen LogP contribution in [-0.2, 0) is 5.41 Å². The molecule has 1 unspecified atom stereocenters. The summed E-state index contributed by atoms with van der Waals surface area (Å²) >= 11 is 0. The Labute approximate surface area is 122 Å². The predicted molar refractivity (Wildman–Crippen MR) is 82.4 cm³/mol. The summed E-state index contributed by atoms with van der Waals surface area (Å²) in [4.78, 5) is 0. The van der Waals surface area contributed by atoms with Gasteiger partial charge in [0.05, 0.1) is 0 Å². The van der Waals surface area contributed by atoms with Crippen molar-refractivity contribution in [3.63, 3.8) is 0 Å². The monoisotopic (exact) mass is 277 g/mol.